The van der Waals surface area contributed by atoms with Crippen molar-refractivity contribution in [3.05, 3.63) is 83.4 Å². The smallest absolute Gasteiger partial charge is 0.140 e. The third-order valence-corrected chi connectivity index (χ3v) is 6.42. The van der Waals surface area contributed by atoms with E-state index in [9.17, 15) is 0 Å². The van der Waals surface area contributed by atoms with E-state index in [-0.39, 0.29) is 0 Å². The Hall–Kier alpha value is -3.31. The Morgan fingerprint density at radius 2 is 1.52 bits per heavy atom. The summed E-state index contributed by atoms with van der Waals surface area (Å²) >= 11 is 0. The van der Waals surface area contributed by atoms with Crippen molar-refractivity contribution in [1.82, 2.24) is 5.01 Å². The second-order valence-corrected chi connectivity index (χ2v) is 8.07. The summed E-state index contributed by atoms with van der Waals surface area (Å²) in [6.45, 7) is 3.99. The van der Waals surface area contributed by atoms with Crippen molar-refractivity contribution in [2.45, 2.75) is 6.04 Å². The largest absolute Gasteiger partial charge is 0.497 e. The van der Waals surface area contributed by atoms with Crippen molar-refractivity contribution in [3.8, 4) is 22.6 Å². The molecule has 1 fully saturated rings. The number of nitrogens with one attached hydrogen (secondary N) is 1. The monoisotopic (exact) mass is 414 g/mol. The van der Waals surface area contributed by atoms with Crippen LogP contribution in [0.25, 0.3) is 11.1 Å². The Bertz CT molecular complexity index is 1060. The third kappa shape index (κ3) is 3.66. The summed E-state index contributed by atoms with van der Waals surface area (Å²) in [6, 6.07) is 24.0. The highest BCUT2D eigenvalue weighted by molar-refractivity contribution is 5.83. The highest BCUT2D eigenvalue weighted by Crippen LogP contribution is 2.41. The summed E-state index contributed by atoms with van der Waals surface area (Å²) in [4.78, 5) is 1.62. The summed E-state index contributed by atoms with van der Waals surface area (Å²) in [5.41, 5.74) is 6.65. The van der Waals surface area contributed by atoms with Gasteiger partial charge in [-0.05, 0) is 23.3 Å². The summed E-state index contributed by atoms with van der Waals surface area (Å²) in [5, 5.41) is 6.91. The molecule has 0 aromatic heterocycles. The maximum Gasteiger partial charge on any atom is 0.140 e. The van der Waals surface area contributed by atoms with Crippen LogP contribution in [0.5, 0.6) is 11.5 Å². The molecule has 1 saturated heterocycles. The van der Waals surface area contributed by atoms with Gasteiger partial charge in [0.1, 0.15) is 17.5 Å². The van der Waals surface area contributed by atoms with Crippen molar-refractivity contribution in [1.29, 1.82) is 0 Å². The van der Waals surface area contributed by atoms with Crippen molar-refractivity contribution in [3.63, 3.8) is 0 Å². The molecule has 158 valence electrons. The fourth-order valence-electron chi connectivity index (χ4n) is 4.85. The molecule has 0 saturated carbocycles. The number of nitrogens with zero attached hydrogens (tertiary/aromatic N) is 2. The van der Waals surface area contributed by atoms with Gasteiger partial charge < -0.3 is 14.4 Å². The maximum atomic E-state index is 5.48. The lowest BCUT2D eigenvalue weighted by Crippen LogP contribution is -3.14. The normalized spacial score (nSPS) is 16.4. The van der Waals surface area contributed by atoms with Crippen LogP contribution in [-0.4, -0.2) is 51.6 Å². The summed E-state index contributed by atoms with van der Waals surface area (Å²) in [7, 11) is 3.33. The van der Waals surface area contributed by atoms with Crippen LogP contribution in [0.15, 0.2) is 71.8 Å². The minimum absolute atomic E-state index is 0.417. The number of methoxy groups -OCH3 is 2. The topological polar surface area (TPSA) is 38.5 Å². The van der Waals surface area contributed by atoms with Gasteiger partial charge in [0.25, 0.3) is 0 Å². The van der Waals surface area contributed by atoms with Gasteiger partial charge in [-0.1, -0.05) is 48.5 Å². The van der Waals surface area contributed by atoms with E-state index in [1.54, 1.807) is 19.1 Å². The molecule has 31 heavy (non-hydrogen) atoms. The molecule has 0 amide bonds. The Morgan fingerprint density at radius 3 is 2.13 bits per heavy atom. The fourth-order valence-corrected chi connectivity index (χ4v) is 4.85. The van der Waals surface area contributed by atoms with Gasteiger partial charge in [-0.25, -0.2) is 0 Å². The predicted octanol–water partition coefficient (Wildman–Crippen LogP) is 3.01. The minimum Gasteiger partial charge on any atom is -0.497 e. The molecular weight excluding hydrogens is 386 g/mol. The SMILES string of the molecule is COc1ccc(/C=N/N2CC[NH+](C3c4ccccc4-c4ccccc43)CC2)c(OC)c1. The van der Waals surface area contributed by atoms with Gasteiger partial charge >= 0.3 is 0 Å². The molecule has 1 heterocycles. The molecular formula is C26H28N3O2+. The molecule has 0 atom stereocenters. The van der Waals surface area contributed by atoms with E-state index in [1.165, 1.54) is 22.3 Å². The van der Waals surface area contributed by atoms with Gasteiger partial charge in [0.15, 0.2) is 0 Å². The van der Waals surface area contributed by atoms with Crippen LogP contribution in [0.2, 0.25) is 0 Å². The highest BCUT2D eigenvalue weighted by atomic mass is 16.5. The molecule has 5 heteroatoms. The van der Waals surface area contributed by atoms with Crippen molar-refractivity contribution in [2.75, 3.05) is 40.4 Å². The number of hydrazone groups is 1. The van der Waals surface area contributed by atoms with Crippen molar-refractivity contribution < 1.29 is 14.4 Å². The first-order chi connectivity index (χ1) is 15.3. The fraction of sp³-hybridized carbons (Fsp3) is 0.269. The summed E-state index contributed by atoms with van der Waals surface area (Å²) < 4.78 is 10.8. The molecule has 1 aliphatic heterocycles. The first-order valence-corrected chi connectivity index (χ1v) is 10.8. The lowest BCUT2D eigenvalue weighted by atomic mass is 10.0. The number of piperazine rings is 1. The molecule has 3 aromatic rings. The zero-order valence-electron chi connectivity index (χ0n) is 18.0. The molecule has 1 N–H and O–H groups in total. The zero-order chi connectivity index (χ0) is 21.2. The number of fused-ring (bicyclic) bond motifs is 3. The van der Waals surface area contributed by atoms with Crippen molar-refractivity contribution in [2.24, 2.45) is 5.10 Å². The van der Waals surface area contributed by atoms with Crippen LogP contribution in [0.1, 0.15) is 22.7 Å². The molecule has 5 nitrogen and oxygen atoms in total. The van der Waals surface area contributed by atoms with Gasteiger partial charge in [-0.2, -0.15) is 5.10 Å². The van der Waals surface area contributed by atoms with Gasteiger partial charge in [0.05, 0.1) is 46.6 Å². The first kappa shape index (κ1) is 19.6. The van der Waals surface area contributed by atoms with Crippen LogP contribution in [-0.2, 0) is 0 Å². The van der Waals surface area contributed by atoms with Crippen LogP contribution >= 0.6 is 0 Å². The number of quaternary nitrogens is 1. The van der Waals surface area contributed by atoms with Crippen LogP contribution in [0, 0.1) is 0 Å². The standard InChI is InChI=1S/C26H27N3O2/c1-30-20-12-11-19(25(17-20)31-2)18-27-29-15-13-28(14-16-29)26-23-9-5-3-7-21(23)22-8-4-6-10-24(22)26/h3-12,17-18,26H,13-16H2,1-2H3/p+1/b27-18+. The lowest BCUT2D eigenvalue weighted by molar-refractivity contribution is -0.929. The lowest BCUT2D eigenvalue weighted by Gasteiger charge is -2.34. The Kier molecular flexibility index (Phi) is 5.35. The second kappa shape index (κ2) is 8.44. The summed E-state index contributed by atoms with van der Waals surface area (Å²) in [6.07, 6.45) is 1.89. The van der Waals surface area contributed by atoms with E-state index >= 15 is 0 Å². The Balaban J connectivity index is 1.30. The average molecular weight is 415 g/mol. The zero-order valence-corrected chi connectivity index (χ0v) is 18.0. The van der Waals surface area contributed by atoms with Gasteiger partial charge in [0.2, 0.25) is 0 Å². The number of hydrogen-bond donors (Lipinski definition) is 1. The molecule has 0 radical (unpaired) electrons. The molecule has 3 aromatic carbocycles. The molecule has 5 rings (SSSR count). The number of ether oxygens (including phenoxy) is 2. The first-order valence-electron chi connectivity index (χ1n) is 10.8. The van der Waals surface area contributed by atoms with Crippen LogP contribution < -0.4 is 14.4 Å². The van der Waals surface area contributed by atoms with Gasteiger partial charge in [-0.3, -0.25) is 5.01 Å². The number of rotatable bonds is 5. The Labute approximate surface area is 183 Å². The van der Waals surface area contributed by atoms with Gasteiger partial charge in [0, 0.05) is 22.8 Å². The molecule has 1 aliphatic carbocycles. The molecule has 0 bridgehead atoms. The highest BCUT2D eigenvalue weighted by Gasteiger charge is 2.37. The average Bonchev–Trinajstić information content (AvgIpc) is 3.17. The second-order valence-electron chi connectivity index (χ2n) is 8.07. The number of benzene rings is 3. The molecule has 0 unspecified atom stereocenters. The van der Waals surface area contributed by atoms with Gasteiger partial charge in [-0.15, -0.1) is 0 Å². The van der Waals surface area contributed by atoms with E-state index in [0.717, 1.165) is 43.2 Å². The van der Waals surface area contributed by atoms with Crippen LogP contribution in [0.3, 0.4) is 0 Å². The van der Waals surface area contributed by atoms with E-state index in [0.29, 0.717) is 6.04 Å². The Morgan fingerprint density at radius 1 is 0.871 bits per heavy atom. The van der Waals surface area contributed by atoms with E-state index in [2.05, 4.69) is 53.5 Å². The van der Waals surface area contributed by atoms with E-state index < -0.39 is 0 Å². The quantitative estimate of drug-likeness (QED) is 0.653. The molecule has 2 aliphatic rings. The van der Waals surface area contributed by atoms with E-state index in [4.69, 9.17) is 14.6 Å². The number of hydrogen-bond acceptors (Lipinski definition) is 4. The summed E-state index contributed by atoms with van der Waals surface area (Å²) in [5.74, 6) is 1.55. The third-order valence-electron chi connectivity index (χ3n) is 6.42. The van der Waals surface area contributed by atoms with E-state index in [1.807, 2.05) is 24.4 Å². The predicted molar refractivity (Wildman–Crippen MR) is 123 cm³/mol. The van der Waals surface area contributed by atoms with Crippen LogP contribution in [0.4, 0.5) is 0 Å². The maximum absolute atomic E-state index is 5.48. The van der Waals surface area contributed by atoms with Crippen molar-refractivity contribution >= 4 is 6.21 Å². The minimum atomic E-state index is 0.417. The molecule has 0 spiro atoms.